The van der Waals surface area contributed by atoms with Crippen LogP contribution >= 0.6 is 0 Å². The Morgan fingerprint density at radius 1 is 1.47 bits per heavy atom. The van der Waals surface area contributed by atoms with Crippen molar-refractivity contribution in [2.75, 3.05) is 13.2 Å². The van der Waals surface area contributed by atoms with Crippen LogP contribution in [0.15, 0.2) is 23.0 Å². The quantitative estimate of drug-likeness (QED) is 0.825. The van der Waals surface area contributed by atoms with Gasteiger partial charge in [-0.25, -0.2) is 0 Å². The van der Waals surface area contributed by atoms with Crippen LogP contribution in [0.3, 0.4) is 0 Å². The van der Waals surface area contributed by atoms with E-state index >= 15 is 0 Å². The molecule has 17 heavy (non-hydrogen) atoms. The van der Waals surface area contributed by atoms with E-state index in [4.69, 9.17) is 9.15 Å². The minimum atomic E-state index is -0.297. The van der Waals surface area contributed by atoms with Gasteiger partial charge in [-0.05, 0) is 6.92 Å². The number of rotatable bonds is 2. The Kier molecular flexibility index (Phi) is 2.12. The van der Waals surface area contributed by atoms with Gasteiger partial charge in [0.2, 0.25) is 0 Å². The molecule has 1 N–H and O–H groups in total. The molecule has 0 bridgehead atoms. The van der Waals surface area contributed by atoms with Gasteiger partial charge in [-0.3, -0.25) is 4.79 Å². The summed E-state index contributed by atoms with van der Waals surface area (Å²) in [7, 11) is 0. The number of carbonyl (C=O) groups excluding carboxylic acids is 1. The number of fused-ring (bicyclic) bond motifs is 1. The SMILES string of the molecule is CC1(NC(=O)c2nnc3ccocc2-3)COC1. The lowest BCUT2D eigenvalue weighted by atomic mass is 10.0. The van der Waals surface area contributed by atoms with Gasteiger partial charge in [0, 0.05) is 6.07 Å². The maximum atomic E-state index is 12.0. The Hall–Kier alpha value is -1.95. The molecule has 0 aromatic rings. The van der Waals surface area contributed by atoms with E-state index in [9.17, 15) is 4.79 Å². The summed E-state index contributed by atoms with van der Waals surface area (Å²) in [6, 6.07) is 1.67. The monoisotopic (exact) mass is 233 g/mol. The van der Waals surface area contributed by atoms with Crippen molar-refractivity contribution in [2.45, 2.75) is 12.5 Å². The first-order valence-corrected chi connectivity index (χ1v) is 5.27. The third-order valence-corrected chi connectivity index (χ3v) is 2.75. The van der Waals surface area contributed by atoms with E-state index in [0.717, 1.165) is 0 Å². The van der Waals surface area contributed by atoms with Crippen molar-refractivity contribution >= 4 is 5.91 Å². The van der Waals surface area contributed by atoms with Gasteiger partial charge in [0.25, 0.3) is 5.91 Å². The second-order valence-corrected chi connectivity index (χ2v) is 4.41. The second-order valence-electron chi connectivity index (χ2n) is 4.41. The molecule has 6 heteroatoms. The van der Waals surface area contributed by atoms with Gasteiger partial charge >= 0.3 is 0 Å². The van der Waals surface area contributed by atoms with Gasteiger partial charge < -0.3 is 14.5 Å². The number of amides is 1. The summed E-state index contributed by atoms with van der Waals surface area (Å²) < 4.78 is 10.1. The zero-order valence-electron chi connectivity index (χ0n) is 9.27. The van der Waals surface area contributed by atoms with Gasteiger partial charge in [0.15, 0.2) is 5.69 Å². The molecule has 3 rings (SSSR count). The molecule has 0 aromatic heterocycles. The van der Waals surface area contributed by atoms with Crippen LogP contribution in [0.5, 0.6) is 0 Å². The highest BCUT2D eigenvalue weighted by atomic mass is 16.5. The van der Waals surface area contributed by atoms with Gasteiger partial charge in [0.05, 0.1) is 30.6 Å². The zero-order valence-corrected chi connectivity index (χ0v) is 9.27. The molecule has 1 amide bonds. The van der Waals surface area contributed by atoms with E-state index in [-0.39, 0.29) is 17.1 Å². The van der Waals surface area contributed by atoms with Gasteiger partial charge in [-0.1, -0.05) is 0 Å². The standard InChI is InChI=1S/C11H11N3O3/c1-11(5-17-6-11)12-10(15)9-7-4-16-3-2-8(7)13-14-9/h2-4H,5-6H2,1H3,(H,12,15). The molecule has 0 radical (unpaired) electrons. The molecule has 3 heterocycles. The van der Waals surface area contributed by atoms with Crippen LogP contribution in [0.1, 0.15) is 17.4 Å². The first-order chi connectivity index (χ1) is 8.18. The number of carbonyl (C=O) groups is 1. The summed E-state index contributed by atoms with van der Waals surface area (Å²) in [4.78, 5) is 12.0. The highest BCUT2D eigenvalue weighted by Gasteiger charge is 2.36. The van der Waals surface area contributed by atoms with Crippen molar-refractivity contribution in [3.05, 3.63) is 24.3 Å². The molecule has 1 fully saturated rings. The fourth-order valence-corrected chi connectivity index (χ4v) is 1.76. The molecular formula is C11H11N3O3. The van der Waals surface area contributed by atoms with Gasteiger partial charge in [-0.2, -0.15) is 0 Å². The fourth-order valence-electron chi connectivity index (χ4n) is 1.76. The Labute approximate surface area is 97.3 Å². The fraction of sp³-hybridized carbons (Fsp3) is 0.364. The molecule has 6 nitrogen and oxygen atoms in total. The first kappa shape index (κ1) is 10.2. The largest absolute Gasteiger partial charge is 0.472 e. The van der Waals surface area contributed by atoms with Crippen LogP contribution in [-0.4, -0.2) is 34.9 Å². The molecule has 0 unspecified atom stereocenters. The third kappa shape index (κ3) is 1.66. The van der Waals surface area contributed by atoms with Crippen molar-refractivity contribution in [2.24, 2.45) is 0 Å². The number of aromatic nitrogens is 2. The van der Waals surface area contributed by atoms with E-state index in [1.54, 1.807) is 6.07 Å². The highest BCUT2D eigenvalue weighted by molar-refractivity contribution is 5.99. The Bertz CT molecular complexity index is 533. The summed E-state index contributed by atoms with van der Waals surface area (Å²) in [5.74, 6) is -0.250. The highest BCUT2D eigenvalue weighted by Crippen LogP contribution is 2.23. The van der Waals surface area contributed by atoms with Gasteiger partial charge in [0.1, 0.15) is 12.0 Å². The maximum Gasteiger partial charge on any atom is 0.273 e. The van der Waals surface area contributed by atoms with Crippen molar-refractivity contribution < 1.29 is 13.9 Å². The first-order valence-electron chi connectivity index (χ1n) is 5.27. The van der Waals surface area contributed by atoms with E-state index in [2.05, 4.69) is 15.5 Å². The lowest BCUT2D eigenvalue weighted by Gasteiger charge is -2.38. The summed E-state index contributed by atoms with van der Waals surface area (Å²) in [5.41, 5.74) is 1.26. The summed E-state index contributed by atoms with van der Waals surface area (Å²) in [6.45, 7) is 2.97. The second kappa shape index (κ2) is 3.53. The smallest absolute Gasteiger partial charge is 0.273 e. The average molecular weight is 233 g/mol. The molecule has 0 atom stereocenters. The van der Waals surface area contributed by atoms with Crippen LogP contribution in [0.2, 0.25) is 0 Å². The molecule has 3 aliphatic heterocycles. The molecular weight excluding hydrogens is 222 g/mol. The van der Waals surface area contributed by atoms with Crippen molar-refractivity contribution in [3.63, 3.8) is 0 Å². The predicted molar refractivity (Wildman–Crippen MR) is 57.6 cm³/mol. The van der Waals surface area contributed by atoms with Crippen LogP contribution in [-0.2, 0) is 4.74 Å². The average Bonchev–Trinajstić information content (AvgIpc) is 2.70. The summed E-state index contributed by atoms with van der Waals surface area (Å²) in [6.07, 6.45) is 2.98. The minimum absolute atomic E-state index is 0.250. The van der Waals surface area contributed by atoms with Crippen LogP contribution < -0.4 is 5.32 Å². The van der Waals surface area contributed by atoms with Gasteiger partial charge in [-0.15, -0.1) is 10.2 Å². The van der Waals surface area contributed by atoms with E-state index in [1.165, 1.54) is 12.5 Å². The Morgan fingerprint density at radius 3 is 3.00 bits per heavy atom. The van der Waals surface area contributed by atoms with Crippen molar-refractivity contribution in [1.82, 2.24) is 15.5 Å². The number of hydrogen-bond acceptors (Lipinski definition) is 5. The van der Waals surface area contributed by atoms with E-state index in [1.807, 2.05) is 6.92 Å². The Balaban J connectivity index is 1.86. The summed E-state index contributed by atoms with van der Waals surface area (Å²) >= 11 is 0. The van der Waals surface area contributed by atoms with Crippen LogP contribution in [0, 0.1) is 0 Å². The summed E-state index contributed by atoms with van der Waals surface area (Å²) in [5, 5.41) is 10.7. The minimum Gasteiger partial charge on any atom is -0.472 e. The molecule has 88 valence electrons. The van der Waals surface area contributed by atoms with E-state index in [0.29, 0.717) is 24.5 Å². The maximum absolute atomic E-state index is 12.0. The topological polar surface area (TPSA) is 77.3 Å². The molecule has 0 aliphatic carbocycles. The molecule has 0 spiro atoms. The third-order valence-electron chi connectivity index (χ3n) is 2.75. The normalized spacial score (nSPS) is 17.7. The molecule has 1 saturated heterocycles. The van der Waals surface area contributed by atoms with Crippen molar-refractivity contribution in [1.29, 1.82) is 0 Å². The number of nitrogens with zero attached hydrogens (tertiary/aromatic N) is 2. The van der Waals surface area contributed by atoms with Crippen molar-refractivity contribution in [3.8, 4) is 11.3 Å². The number of hydrogen-bond donors (Lipinski definition) is 1. The molecule has 3 aliphatic rings. The zero-order chi connectivity index (χ0) is 11.9. The lowest BCUT2D eigenvalue weighted by molar-refractivity contribution is -0.0594. The molecule has 0 saturated carbocycles. The lowest BCUT2D eigenvalue weighted by Crippen LogP contribution is -2.60. The van der Waals surface area contributed by atoms with Crippen LogP contribution in [0.4, 0.5) is 0 Å². The number of nitrogens with one attached hydrogen (secondary N) is 1. The molecule has 0 aromatic carbocycles. The predicted octanol–water partition coefficient (Wildman–Crippen LogP) is 0.693. The van der Waals surface area contributed by atoms with E-state index < -0.39 is 0 Å². The Morgan fingerprint density at radius 2 is 2.29 bits per heavy atom. The van der Waals surface area contributed by atoms with Crippen LogP contribution in [0.25, 0.3) is 11.3 Å². The number of ether oxygens (including phenoxy) is 1.